The number of aliphatic hydroxyl groups is 2. The molecule has 5 aliphatic heterocycles. The highest BCUT2D eigenvalue weighted by Gasteiger charge is 2.82. The van der Waals surface area contributed by atoms with Crippen molar-refractivity contribution in [1.82, 2.24) is 0 Å². The van der Waals surface area contributed by atoms with E-state index in [1.807, 2.05) is 6.08 Å². The van der Waals surface area contributed by atoms with Crippen molar-refractivity contribution in [2.75, 3.05) is 18.5 Å². The van der Waals surface area contributed by atoms with Gasteiger partial charge in [0.25, 0.3) is 0 Å². The van der Waals surface area contributed by atoms with Gasteiger partial charge < -0.3 is 15.1 Å². The zero-order valence-corrected chi connectivity index (χ0v) is 16.3. The lowest BCUT2D eigenvalue weighted by atomic mass is 9.60. The average Bonchev–Trinajstić information content (AvgIpc) is 3.06. The molecule has 1 aromatic carbocycles. The van der Waals surface area contributed by atoms with Crippen LogP contribution in [0.15, 0.2) is 36.9 Å². The second-order valence-electron chi connectivity index (χ2n) is 9.83. The van der Waals surface area contributed by atoms with Crippen LogP contribution in [0.2, 0.25) is 0 Å². The van der Waals surface area contributed by atoms with Crippen molar-refractivity contribution in [3.8, 4) is 0 Å². The molecule has 0 radical (unpaired) electrons. The molecule has 10 atom stereocenters. The fourth-order valence-electron chi connectivity index (χ4n) is 8.98. The Bertz CT molecular complexity index is 826. The first-order chi connectivity index (χ1) is 13.0. The maximum atomic E-state index is 11.9. The van der Waals surface area contributed by atoms with E-state index in [9.17, 15) is 10.2 Å². The summed E-state index contributed by atoms with van der Waals surface area (Å²) in [6.07, 6.45) is 4.52. The number of aliphatic hydroxyl groups excluding tert-OH is 2. The number of rotatable bonds is 3. The van der Waals surface area contributed by atoms with E-state index in [0.717, 1.165) is 30.3 Å². The van der Waals surface area contributed by atoms with Gasteiger partial charge in [0.1, 0.15) is 6.04 Å². The third kappa shape index (κ3) is 1.47. The zero-order chi connectivity index (χ0) is 18.7. The fourth-order valence-corrected chi connectivity index (χ4v) is 8.98. The van der Waals surface area contributed by atoms with Crippen molar-refractivity contribution >= 4 is 5.69 Å². The quantitative estimate of drug-likeness (QED) is 0.636. The molecule has 5 heterocycles. The van der Waals surface area contributed by atoms with Gasteiger partial charge in [0.05, 0.1) is 30.1 Å². The smallest absolute Gasteiger partial charge is 0.194 e. The van der Waals surface area contributed by atoms with E-state index in [1.54, 1.807) is 0 Å². The van der Waals surface area contributed by atoms with Crippen LogP contribution in [-0.2, 0) is 5.41 Å². The lowest BCUT2D eigenvalue weighted by molar-refractivity contribution is -1.03. The van der Waals surface area contributed by atoms with Crippen molar-refractivity contribution in [3.63, 3.8) is 0 Å². The molecule has 27 heavy (non-hydrogen) atoms. The minimum atomic E-state index is -0.321. The molecule has 4 saturated heterocycles. The Morgan fingerprint density at radius 3 is 2.81 bits per heavy atom. The lowest BCUT2D eigenvalue weighted by Crippen LogP contribution is -2.82. The number of likely N-dealkylation sites (N-methyl/N-ethyl adjacent to an activating group) is 1. The van der Waals surface area contributed by atoms with Crippen molar-refractivity contribution in [1.29, 1.82) is 0 Å². The third-order valence-corrected chi connectivity index (χ3v) is 9.56. The number of para-hydroxylation sites is 1. The van der Waals surface area contributed by atoms with Gasteiger partial charge in [-0.15, -0.1) is 0 Å². The largest absolute Gasteiger partial charge is 0.392 e. The molecule has 4 heteroatoms. The highest BCUT2D eigenvalue weighted by molar-refractivity contribution is 5.66. The normalized spacial score (nSPS) is 53.6. The molecular weight excluding hydrogens is 336 g/mol. The minimum absolute atomic E-state index is 0.161. The first kappa shape index (κ1) is 16.6. The predicted octanol–water partition coefficient (Wildman–Crippen LogP) is 2.26. The van der Waals surface area contributed by atoms with E-state index in [2.05, 4.69) is 49.7 Å². The summed E-state index contributed by atoms with van der Waals surface area (Å²) in [7, 11) is 2.21. The molecule has 7 rings (SSSR count). The van der Waals surface area contributed by atoms with Gasteiger partial charge in [-0.2, -0.15) is 0 Å². The predicted molar refractivity (Wildman–Crippen MR) is 105 cm³/mol. The summed E-state index contributed by atoms with van der Waals surface area (Å²) in [5.41, 5.74) is 2.47. The van der Waals surface area contributed by atoms with Crippen LogP contribution in [0.1, 0.15) is 31.7 Å². The van der Waals surface area contributed by atoms with Crippen LogP contribution in [0.3, 0.4) is 0 Å². The second-order valence-corrected chi connectivity index (χ2v) is 9.83. The summed E-state index contributed by atoms with van der Waals surface area (Å²) in [4.78, 5) is 2.44. The average molecular weight is 368 g/mol. The number of benzene rings is 1. The molecule has 6 aliphatic rings. The molecule has 1 saturated carbocycles. The standard InChI is InChI=1S/C23H31N2O2/c1-4-10-25-17-11-14(13(5-2)22(25)27)19-18(25)12-23(21(19)26)15-8-6-7-9-16(15)24(3)20(17)23/h4,6-9,13-14,17-22,26-27H,1,5,10-12H2,2-3H3/q+1/t13-,14-,17+,18+,19+,20+,21-,22-,23+,25+/m1/s1. The van der Waals surface area contributed by atoms with Gasteiger partial charge in [0.15, 0.2) is 6.23 Å². The summed E-state index contributed by atoms with van der Waals surface area (Å²) in [5.74, 6) is 1.05. The van der Waals surface area contributed by atoms with Gasteiger partial charge in [0.2, 0.25) is 0 Å². The van der Waals surface area contributed by atoms with E-state index < -0.39 is 0 Å². The molecule has 0 unspecified atom stereocenters. The molecule has 0 aromatic heterocycles. The zero-order valence-electron chi connectivity index (χ0n) is 16.3. The number of hydrogen-bond donors (Lipinski definition) is 2. The Morgan fingerprint density at radius 1 is 1.30 bits per heavy atom. The highest BCUT2D eigenvalue weighted by Crippen LogP contribution is 2.71. The van der Waals surface area contributed by atoms with Crippen LogP contribution >= 0.6 is 0 Å². The first-order valence-electron chi connectivity index (χ1n) is 10.7. The Balaban J connectivity index is 1.63. The summed E-state index contributed by atoms with van der Waals surface area (Å²) in [6, 6.07) is 9.71. The molecule has 1 aliphatic carbocycles. The topological polar surface area (TPSA) is 43.7 Å². The van der Waals surface area contributed by atoms with Crippen molar-refractivity contribution in [2.45, 2.75) is 62.1 Å². The molecule has 1 spiro atoms. The van der Waals surface area contributed by atoms with Crippen LogP contribution in [0.25, 0.3) is 0 Å². The third-order valence-electron chi connectivity index (χ3n) is 9.56. The Labute approximate surface area is 161 Å². The molecule has 2 N–H and O–H groups in total. The number of hydrogen-bond acceptors (Lipinski definition) is 3. The number of piperidine rings is 4. The number of fused-ring (bicyclic) bond motifs is 2. The number of anilines is 1. The van der Waals surface area contributed by atoms with E-state index >= 15 is 0 Å². The SMILES string of the molecule is C=CC[N@+]12[C@H](O)[C@H](CC)[C@H]3C[C@H]1[C@@H]1N(C)c4ccccc4[C@@]14C[C@H]2[C@H]3[C@H]4O. The van der Waals surface area contributed by atoms with Gasteiger partial charge in [-0.05, 0) is 30.0 Å². The van der Waals surface area contributed by atoms with E-state index in [-0.39, 0.29) is 23.8 Å². The van der Waals surface area contributed by atoms with Crippen LogP contribution in [0.5, 0.6) is 0 Å². The Morgan fingerprint density at radius 2 is 2.07 bits per heavy atom. The molecule has 0 amide bonds. The lowest BCUT2D eigenvalue weighted by Gasteiger charge is -2.67. The molecule has 5 fully saturated rings. The number of quaternary nitrogens is 1. The van der Waals surface area contributed by atoms with Crippen LogP contribution in [-0.4, -0.2) is 58.7 Å². The van der Waals surface area contributed by atoms with E-state index in [1.165, 1.54) is 11.3 Å². The first-order valence-corrected chi connectivity index (χ1v) is 10.7. The molecule has 5 bridgehead atoms. The summed E-state index contributed by atoms with van der Waals surface area (Å²) < 4.78 is 0.755. The van der Waals surface area contributed by atoms with Crippen LogP contribution in [0, 0.1) is 17.8 Å². The second kappa shape index (κ2) is 4.97. The van der Waals surface area contributed by atoms with E-state index in [0.29, 0.717) is 29.8 Å². The van der Waals surface area contributed by atoms with Gasteiger partial charge in [-0.1, -0.05) is 31.7 Å². The van der Waals surface area contributed by atoms with E-state index in [4.69, 9.17) is 0 Å². The number of nitrogens with zero attached hydrogens (tertiary/aromatic N) is 2. The van der Waals surface area contributed by atoms with Crippen molar-refractivity contribution in [3.05, 3.63) is 42.5 Å². The maximum Gasteiger partial charge on any atom is 0.194 e. The summed E-state index contributed by atoms with van der Waals surface area (Å²) in [6.45, 7) is 7.10. The van der Waals surface area contributed by atoms with Gasteiger partial charge >= 0.3 is 0 Å². The van der Waals surface area contributed by atoms with Crippen molar-refractivity contribution < 1.29 is 14.7 Å². The van der Waals surface area contributed by atoms with Gasteiger partial charge in [-0.3, -0.25) is 4.48 Å². The van der Waals surface area contributed by atoms with Crippen LogP contribution in [0.4, 0.5) is 5.69 Å². The highest BCUT2D eigenvalue weighted by atomic mass is 16.3. The van der Waals surface area contributed by atoms with Crippen molar-refractivity contribution in [2.24, 2.45) is 17.8 Å². The van der Waals surface area contributed by atoms with Gasteiger partial charge in [-0.25, -0.2) is 0 Å². The maximum absolute atomic E-state index is 11.9. The summed E-state index contributed by atoms with van der Waals surface area (Å²) in [5, 5.41) is 23.5. The monoisotopic (exact) mass is 367 g/mol. The van der Waals surface area contributed by atoms with Crippen LogP contribution < -0.4 is 4.90 Å². The fraction of sp³-hybridized carbons (Fsp3) is 0.652. The van der Waals surface area contributed by atoms with Gasteiger partial charge in [0, 0.05) is 37.4 Å². The Hall–Kier alpha value is -1.36. The molecule has 1 aromatic rings. The molecule has 4 nitrogen and oxygen atoms in total. The minimum Gasteiger partial charge on any atom is -0.392 e. The summed E-state index contributed by atoms with van der Waals surface area (Å²) >= 11 is 0. The molecule has 144 valence electrons. The Kier molecular flexibility index (Phi) is 3.05. The molecular formula is C23H31N2O2+.